The molecule has 0 bridgehead atoms. The van der Waals surface area contributed by atoms with Gasteiger partial charge in [0.05, 0.1) is 9.90 Å². The van der Waals surface area contributed by atoms with E-state index in [-0.39, 0.29) is 0 Å². The molecule has 108 valence electrons. The van der Waals surface area contributed by atoms with E-state index in [0.717, 1.165) is 27.9 Å². The van der Waals surface area contributed by atoms with Gasteiger partial charge in [0.1, 0.15) is 15.8 Å². The van der Waals surface area contributed by atoms with Gasteiger partial charge < -0.3 is 5.73 Å². The van der Waals surface area contributed by atoms with E-state index < -0.39 is 0 Å². The molecule has 0 aliphatic heterocycles. The molecule has 2 heterocycles. The molecule has 2 aromatic heterocycles. The number of nitrogens with two attached hydrogens (primary N) is 1. The Hall–Kier alpha value is -1.49. The standard InChI is InChI=1S/C15H13Cl2N3S/c1-8-4-3-5-9(6-8)12-13(19-20(2)15(12)18)10-7-11(16)21-14(10)17/h3-7H,18H2,1-2H3. The van der Waals surface area contributed by atoms with Gasteiger partial charge in [0, 0.05) is 12.6 Å². The largest absolute Gasteiger partial charge is 0.383 e. The van der Waals surface area contributed by atoms with Crippen LogP contribution in [0, 0.1) is 6.92 Å². The van der Waals surface area contributed by atoms with Gasteiger partial charge in [0.2, 0.25) is 0 Å². The van der Waals surface area contributed by atoms with Crippen molar-refractivity contribution in [3.63, 3.8) is 0 Å². The number of benzene rings is 1. The topological polar surface area (TPSA) is 43.8 Å². The average molecular weight is 338 g/mol. The summed E-state index contributed by atoms with van der Waals surface area (Å²) in [7, 11) is 1.82. The van der Waals surface area contributed by atoms with E-state index in [1.165, 1.54) is 11.3 Å². The molecular weight excluding hydrogens is 325 g/mol. The summed E-state index contributed by atoms with van der Waals surface area (Å²) >= 11 is 13.7. The number of nitrogen functional groups attached to an aromatic ring is 1. The first-order valence-corrected chi connectivity index (χ1v) is 7.89. The average Bonchev–Trinajstić information content (AvgIpc) is 2.90. The molecule has 0 spiro atoms. The smallest absolute Gasteiger partial charge is 0.129 e. The fourth-order valence-corrected chi connectivity index (χ4v) is 3.78. The Bertz CT molecular complexity index is 820. The number of rotatable bonds is 2. The van der Waals surface area contributed by atoms with Crippen LogP contribution in [0.5, 0.6) is 0 Å². The van der Waals surface area contributed by atoms with Crippen molar-refractivity contribution in [3.05, 3.63) is 44.6 Å². The summed E-state index contributed by atoms with van der Waals surface area (Å²) < 4.78 is 2.91. The lowest BCUT2D eigenvalue weighted by atomic mass is 10.0. The number of aryl methyl sites for hydroxylation is 2. The summed E-state index contributed by atoms with van der Waals surface area (Å²) in [6, 6.07) is 9.98. The maximum absolute atomic E-state index is 6.28. The molecular formula is C15H13Cl2N3S. The van der Waals surface area contributed by atoms with Crippen molar-refractivity contribution < 1.29 is 0 Å². The van der Waals surface area contributed by atoms with Crippen molar-refractivity contribution in [2.45, 2.75) is 6.92 Å². The molecule has 0 saturated carbocycles. The van der Waals surface area contributed by atoms with Crippen LogP contribution in [0.4, 0.5) is 5.82 Å². The van der Waals surface area contributed by atoms with Gasteiger partial charge in [-0.25, -0.2) is 0 Å². The summed E-state index contributed by atoms with van der Waals surface area (Å²) in [4.78, 5) is 0. The summed E-state index contributed by atoms with van der Waals surface area (Å²) in [6.07, 6.45) is 0. The molecule has 3 rings (SSSR count). The van der Waals surface area contributed by atoms with Crippen LogP contribution in [-0.2, 0) is 7.05 Å². The van der Waals surface area contributed by atoms with E-state index in [1.54, 1.807) is 4.68 Å². The van der Waals surface area contributed by atoms with Crippen LogP contribution in [0.15, 0.2) is 30.3 Å². The zero-order valence-electron chi connectivity index (χ0n) is 11.5. The summed E-state index contributed by atoms with van der Waals surface area (Å²) in [5.74, 6) is 0.606. The van der Waals surface area contributed by atoms with E-state index in [2.05, 4.69) is 11.2 Å². The monoisotopic (exact) mass is 337 g/mol. The van der Waals surface area contributed by atoms with Crippen LogP contribution in [0.1, 0.15) is 5.56 Å². The maximum atomic E-state index is 6.28. The molecule has 2 N–H and O–H groups in total. The van der Waals surface area contributed by atoms with Crippen LogP contribution in [0.25, 0.3) is 22.4 Å². The van der Waals surface area contributed by atoms with Gasteiger partial charge in [-0.05, 0) is 18.6 Å². The van der Waals surface area contributed by atoms with Crippen LogP contribution < -0.4 is 5.73 Å². The molecule has 0 aliphatic rings. The van der Waals surface area contributed by atoms with Gasteiger partial charge >= 0.3 is 0 Å². The lowest BCUT2D eigenvalue weighted by molar-refractivity contribution is 0.782. The fourth-order valence-electron chi connectivity index (χ4n) is 2.31. The second-order valence-electron chi connectivity index (χ2n) is 4.84. The molecule has 0 atom stereocenters. The zero-order valence-corrected chi connectivity index (χ0v) is 13.9. The zero-order chi connectivity index (χ0) is 15.1. The van der Waals surface area contributed by atoms with Gasteiger partial charge in [-0.1, -0.05) is 53.0 Å². The number of aromatic nitrogens is 2. The molecule has 0 amide bonds. The first kappa shape index (κ1) is 14.4. The highest BCUT2D eigenvalue weighted by Gasteiger charge is 2.21. The molecule has 0 saturated heterocycles. The number of hydrogen-bond donors (Lipinski definition) is 1. The third-order valence-corrected chi connectivity index (χ3v) is 4.80. The van der Waals surface area contributed by atoms with Crippen LogP contribution in [-0.4, -0.2) is 9.78 Å². The van der Waals surface area contributed by atoms with Gasteiger partial charge in [0.25, 0.3) is 0 Å². The lowest BCUT2D eigenvalue weighted by Crippen LogP contribution is -1.98. The van der Waals surface area contributed by atoms with Gasteiger partial charge in [-0.2, -0.15) is 5.10 Å². The van der Waals surface area contributed by atoms with Crippen molar-refractivity contribution in [2.75, 3.05) is 5.73 Å². The van der Waals surface area contributed by atoms with E-state index in [9.17, 15) is 0 Å². The highest BCUT2D eigenvalue weighted by atomic mass is 35.5. The molecule has 1 aromatic carbocycles. The normalized spacial score (nSPS) is 11.0. The molecule has 0 aliphatic carbocycles. The molecule has 21 heavy (non-hydrogen) atoms. The molecule has 3 aromatic rings. The summed E-state index contributed by atoms with van der Waals surface area (Å²) in [6.45, 7) is 2.05. The Kier molecular flexibility index (Phi) is 3.69. The Morgan fingerprint density at radius 1 is 1.24 bits per heavy atom. The number of anilines is 1. The van der Waals surface area contributed by atoms with E-state index in [4.69, 9.17) is 28.9 Å². The van der Waals surface area contributed by atoms with E-state index >= 15 is 0 Å². The number of halogens is 2. The quantitative estimate of drug-likeness (QED) is 0.713. The Morgan fingerprint density at radius 2 is 2.00 bits per heavy atom. The second kappa shape index (κ2) is 5.37. The lowest BCUT2D eigenvalue weighted by Gasteiger charge is -2.05. The molecule has 6 heteroatoms. The predicted octanol–water partition coefficient (Wildman–Crippen LogP) is 5.01. The second-order valence-corrected chi connectivity index (χ2v) is 7.13. The van der Waals surface area contributed by atoms with Crippen molar-refractivity contribution in [2.24, 2.45) is 7.05 Å². The van der Waals surface area contributed by atoms with Crippen molar-refractivity contribution >= 4 is 40.4 Å². The van der Waals surface area contributed by atoms with Gasteiger partial charge in [-0.15, -0.1) is 11.3 Å². The SMILES string of the molecule is Cc1cccc(-c2c(-c3cc(Cl)sc3Cl)nn(C)c2N)c1. The van der Waals surface area contributed by atoms with Crippen LogP contribution in [0.3, 0.4) is 0 Å². The van der Waals surface area contributed by atoms with Crippen LogP contribution >= 0.6 is 34.5 Å². The fraction of sp³-hybridized carbons (Fsp3) is 0.133. The summed E-state index contributed by atoms with van der Waals surface area (Å²) in [5.41, 5.74) is 10.9. The Labute approximate surface area is 136 Å². The highest BCUT2D eigenvalue weighted by Crippen LogP contribution is 2.43. The summed E-state index contributed by atoms with van der Waals surface area (Å²) in [5, 5.41) is 4.52. The van der Waals surface area contributed by atoms with E-state index in [0.29, 0.717) is 14.5 Å². The number of thiophene rings is 1. The Morgan fingerprint density at radius 3 is 2.62 bits per heavy atom. The van der Waals surface area contributed by atoms with Crippen molar-refractivity contribution in [1.82, 2.24) is 9.78 Å². The highest BCUT2D eigenvalue weighted by molar-refractivity contribution is 7.20. The van der Waals surface area contributed by atoms with Gasteiger partial charge in [-0.3, -0.25) is 4.68 Å². The third kappa shape index (κ3) is 2.55. The minimum atomic E-state index is 0.606. The molecule has 3 nitrogen and oxygen atoms in total. The Balaban J connectivity index is 2.28. The first-order chi connectivity index (χ1) is 9.97. The van der Waals surface area contributed by atoms with Gasteiger partial charge in [0.15, 0.2) is 0 Å². The third-order valence-electron chi connectivity index (χ3n) is 3.31. The number of nitrogens with zero attached hydrogens (tertiary/aromatic N) is 2. The predicted molar refractivity (Wildman–Crippen MR) is 91.1 cm³/mol. The van der Waals surface area contributed by atoms with Crippen molar-refractivity contribution in [1.29, 1.82) is 0 Å². The minimum Gasteiger partial charge on any atom is -0.383 e. The van der Waals surface area contributed by atoms with Crippen LogP contribution in [0.2, 0.25) is 8.67 Å². The first-order valence-electron chi connectivity index (χ1n) is 6.32. The number of hydrogen-bond acceptors (Lipinski definition) is 3. The molecule has 0 unspecified atom stereocenters. The maximum Gasteiger partial charge on any atom is 0.129 e. The van der Waals surface area contributed by atoms with Crippen molar-refractivity contribution in [3.8, 4) is 22.4 Å². The molecule has 0 radical (unpaired) electrons. The minimum absolute atomic E-state index is 0.606. The van der Waals surface area contributed by atoms with E-state index in [1.807, 2.05) is 38.2 Å². The molecule has 0 fully saturated rings.